The third-order valence-corrected chi connectivity index (χ3v) is 3.06. The fourth-order valence-corrected chi connectivity index (χ4v) is 1.81. The van der Waals surface area contributed by atoms with Crippen LogP contribution in [0.2, 0.25) is 0 Å². The minimum atomic E-state index is -0.309. The van der Waals surface area contributed by atoms with Gasteiger partial charge in [-0.05, 0) is 48.8 Å². The van der Waals surface area contributed by atoms with Crippen molar-refractivity contribution in [2.24, 2.45) is 0 Å². The molecule has 1 amide bonds. The second-order valence-corrected chi connectivity index (χ2v) is 5.23. The zero-order chi connectivity index (χ0) is 13.7. The summed E-state index contributed by atoms with van der Waals surface area (Å²) in [6.45, 7) is 5.70. The number of ether oxygens (including phenoxy) is 1. The smallest absolute Gasteiger partial charge is 0.242 e. The van der Waals surface area contributed by atoms with Gasteiger partial charge in [0, 0.05) is 16.6 Å². The molecule has 1 aromatic carbocycles. The zero-order valence-electron chi connectivity index (χ0n) is 11.1. The number of methoxy groups -OCH3 is 1. The lowest BCUT2D eigenvalue weighted by Gasteiger charge is -2.18. The Bertz CT molecular complexity index is 421. The first-order chi connectivity index (χ1) is 8.43. The number of carbonyl (C=O) groups is 1. The lowest BCUT2D eigenvalue weighted by Crippen LogP contribution is -2.41. The number of benzene rings is 1. The molecule has 1 aromatic rings. The maximum atomic E-state index is 11.8. The lowest BCUT2D eigenvalue weighted by molar-refractivity contribution is -0.122. The van der Waals surface area contributed by atoms with E-state index >= 15 is 0 Å². The minimum Gasteiger partial charge on any atom is -0.497 e. The van der Waals surface area contributed by atoms with Crippen molar-refractivity contribution in [3.8, 4) is 5.75 Å². The van der Waals surface area contributed by atoms with Gasteiger partial charge < -0.3 is 15.4 Å². The van der Waals surface area contributed by atoms with Gasteiger partial charge in [-0.25, -0.2) is 0 Å². The first-order valence-electron chi connectivity index (χ1n) is 5.84. The third-order valence-electron chi connectivity index (χ3n) is 2.37. The van der Waals surface area contributed by atoms with Crippen LogP contribution in [-0.4, -0.2) is 25.1 Å². The molecule has 0 aromatic heterocycles. The highest BCUT2D eigenvalue weighted by molar-refractivity contribution is 9.10. The van der Waals surface area contributed by atoms with Crippen molar-refractivity contribution in [2.45, 2.75) is 32.9 Å². The summed E-state index contributed by atoms with van der Waals surface area (Å²) < 4.78 is 6.05. The van der Waals surface area contributed by atoms with Gasteiger partial charge in [0.2, 0.25) is 5.91 Å². The van der Waals surface area contributed by atoms with E-state index in [4.69, 9.17) is 4.74 Å². The van der Waals surface area contributed by atoms with Crippen LogP contribution in [0.15, 0.2) is 22.7 Å². The Morgan fingerprint density at radius 3 is 2.56 bits per heavy atom. The first kappa shape index (κ1) is 14.8. The molecule has 0 saturated heterocycles. The number of rotatable bonds is 5. The number of carbonyl (C=O) groups excluding carboxylic acids is 1. The summed E-state index contributed by atoms with van der Waals surface area (Å²) in [5.74, 6) is 0.719. The molecule has 4 nitrogen and oxygen atoms in total. The van der Waals surface area contributed by atoms with Crippen molar-refractivity contribution in [2.75, 3.05) is 12.4 Å². The number of hydrogen-bond acceptors (Lipinski definition) is 3. The largest absolute Gasteiger partial charge is 0.497 e. The highest BCUT2D eigenvalue weighted by atomic mass is 79.9. The molecule has 0 spiro atoms. The minimum absolute atomic E-state index is 0.0280. The van der Waals surface area contributed by atoms with Gasteiger partial charge in [-0.2, -0.15) is 0 Å². The zero-order valence-corrected chi connectivity index (χ0v) is 12.7. The van der Waals surface area contributed by atoms with Crippen LogP contribution in [0, 0.1) is 0 Å². The van der Waals surface area contributed by atoms with Gasteiger partial charge in [-0.15, -0.1) is 0 Å². The van der Waals surface area contributed by atoms with Crippen LogP contribution in [-0.2, 0) is 4.79 Å². The lowest BCUT2D eigenvalue weighted by atomic mass is 10.2. The van der Waals surface area contributed by atoms with E-state index < -0.39 is 0 Å². The normalized spacial score (nSPS) is 12.1. The van der Waals surface area contributed by atoms with Gasteiger partial charge in [0.25, 0.3) is 0 Å². The number of halogens is 1. The van der Waals surface area contributed by atoms with E-state index in [0.29, 0.717) is 0 Å². The van der Waals surface area contributed by atoms with Crippen LogP contribution >= 0.6 is 15.9 Å². The average molecular weight is 315 g/mol. The molecular weight excluding hydrogens is 296 g/mol. The Kier molecular flexibility index (Phi) is 5.47. The van der Waals surface area contributed by atoms with Crippen molar-refractivity contribution in [1.29, 1.82) is 0 Å². The van der Waals surface area contributed by atoms with Crippen LogP contribution < -0.4 is 15.4 Å². The maximum absolute atomic E-state index is 11.8. The molecule has 0 bridgehead atoms. The van der Waals surface area contributed by atoms with Gasteiger partial charge in [0.1, 0.15) is 11.8 Å². The van der Waals surface area contributed by atoms with Gasteiger partial charge in [0.05, 0.1) is 12.8 Å². The molecule has 0 aliphatic rings. The highest BCUT2D eigenvalue weighted by Gasteiger charge is 2.14. The average Bonchev–Trinajstić information content (AvgIpc) is 2.31. The monoisotopic (exact) mass is 314 g/mol. The van der Waals surface area contributed by atoms with Gasteiger partial charge in [0.15, 0.2) is 0 Å². The molecule has 0 aliphatic carbocycles. The molecule has 0 saturated carbocycles. The molecule has 100 valence electrons. The topological polar surface area (TPSA) is 50.4 Å². The van der Waals surface area contributed by atoms with E-state index in [1.165, 1.54) is 0 Å². The van der Waals surface area contributed by atoms with Crippen LogP contribution in [0.25, 0.3) is 0 Å². The van der Waals surface area contributed by atoms with E-state index in [9.17, 15) is 4.79 Å². The molecule has 1 unspecified atom stereocenters. The quantitative estimate of drug-likeness (QED) is 0.878. The van der Waals surface area contributed by atoms with Crippen molar-refractivity contribution in [1.82, 2.24) is 5.32 Å². The number of hydrogen-bond donors (Lipinski definition) is 2. The van der Waals surface area contributed by atoms with E-state index in [1.807, 2.05) is 39.0 Å². The molecule has 1 atom stereocenters. The Hall–Kier alpha value is -1.23. The standard InChI is InChI=1S/C13H19BrN2O2/c1-8(2)15-13(17)9(3)16-12-7-10(18-4)5-6-11(12)14/h5-9,16H,1-4H3,(H,15,17). The van der Waals surface area contributed by atoms with Crippen LogP contribution in [0.4, 0.5) is 5.69 Å². The number of nitrogens with one attached hydrogen (secondary N) is 2. The molecule has 2 N–H and O–H groups in total. The van der Waals surface area contributed by atoms with Gasteiger partial charge in [-0.1, -0.05) is 0 Å². The summed E-state index contributed by atoms with van der Waals surface area (Å²) in [7, 11) is 1.61. The Morgan fingerprint density at radius 2 is 2.00 bits per heavy atom. The van der Waals surface area contributed by atoms with Crippen molar-refractivity contribution in [3.05, 3.63) is 22.7 Å². The fraction of sp³-hybridized carbons (Fsp3) is 0.462. The molecule has 1 rings (SSSR count). The molecule has 0 aliphatic heterocycles. The second-order valence-electron chi connectivity index (χ2n) is 4.38. The summed E-state index contributed by atoms with van der Waals surface area (Å²) in [6, 6.07) is 5.41. The Balaban J connectivity index is 2.74. The third kappa shape index (κ3) is 4.22. The van der Waals surface area contributed by atoms with E-state index in [1.54, 1.807) is 7.11 Å². The SMILES string of the molecule is COc1ccc(Br)c(NC(C)C(=O)NC(C)C)c1. The van der Waals surface area contributed by atoms with Crippen LogP contribution in [0.5, 0.6) is 5.75 Å². The van der Waals surface area contributed by atoms with Gasteiger partial charge in [-0.3, -0.25) is 4.79 Å². The fourth-order valence-electron chi connectivity index (χ4n) is 1.45. The molecule has 5 heteroatoms. The van der Waals surface area contributed by atoms with Gasteiger partial charge >= 0.3 is 0 Å². The van der Waals surface area contributed by atoms with Crippen molar-refractivity contribution >= 4 is 27.5 Å². The first-order valence-corrected chi connectivity index (χ1v) is 6.63. The van der Waals surface area contributed by atoms with Crippen LogP contribution in [0.1, 0.15) is 20.8 Å². The molecule has 0 radical (unpaired) electrons. The summed E-state index contributed by atoms with van der Waals surface area (Å²) in [6.07, 6.45) is 0. The number of anilines is 1. The predicted octanol–water partition coefficient (Wildman–Crippen LogP) is 2.78. The molecule has 0 fully saturated rings. The summed E-state index contributed by atoms with van der Waals surface area (Å²) >= 11 is 3.44. The van der Waals surface area contributed by atoms with E-state index in [-0.39, 0.29) is 18.0 Å². The number of amides is 1. The highest BCUT2D eigenvalue weighted by Crippen LogP contribution is 2.27. The second kappa shape index (κ2) is 6.64. The Morgan fingerprint density at radius 1 is 1.33 bits per heavy atom. The van der Waals surface area contributed by atoms with E-state index in [2.05, 4.69) is 26.6 Å². The molecule has 18 heavy (non-hydrogen) atoms. The summed E-state index contributed by atoms with van der Waals surface area (Å²) in [4.78, 5) is 11.8. The van der Waals surface area contributed by atoms with Crippen molar-refractivity contribution < 1.29 is 9.53 Å². The van der Waals surface area contributed by atoms with Crippen molar-refractivity contribution in [3.63, 3.8) is 0 Å². The Labute approximate surface area is 116 Å². The van der Waals surface area contributed by atoms with Crippen LogP contribution in [0.3, 0.4) is 0 Å². The summed E-state index contributed by atoms with van der Waals surface area (Å²) in [5.41, 5.74) is 0.834. The molecule has 0 heterocycles. The predicted molar refractivity (Wildman–Crippen MR) is 77.1 cm³/mol. The van der Waals surface area contributed by atoms with E-state index in [0.717, 1.165) is 15.9 Å². The maximum Gasteiger partial charge on any atom is 0.242 e. The molecular formula is C13H19BrN2O2. The summed E-state index contributed by atoms with van der Waals surface area (Å²) in [5, 5.41) is 6.01.